The van der Waals surface area contributed by atoms with Gasteiger partial charge < -0.3 is 15.5 Å². The number of hydrogen-bond donors (Lipinski definition) is 2. The van der Waals surface area contributed by atoms with E-state index in [1.807, 2.05) is 62.4 Å². The molecule has 1 heterocycles. The summed E-state index contributed by atoms with van der Waals surface area (Å²) in [7, 11) is 0. The van der Waals surface area contributed by atoms with Crippen LogP contribution in [-0.4, -0.2) is 30.8 Å². The van der Waals surface area contributed by atoms with Crippen LogP contribution >= 0.6 is 0 Å². The molecule has 1 unspecified atom stereocenters. The van der Waals surface area contributed by atoms with Crippen molar-refractivity contribution in [1.29, 1.82) is 0 Å². The van der Waals surface area contributed by atoms with Gasteiger partial charge in [0.1, 0.15) is 0 Å². The van der Waals surface area contributed by atoms with E-state index in [1.165, 1.54) is 0 Å². The Hall–Kier alpha value is -3.15. The van der Waals surface area contributed by atoms with Gasteiger partial charge in [-0.05, 0) is 37.1 Å². The number of nitrogens with zero attached hydrogens (tertiary/aromatic N) is 1. The maximum Gasteiger partial charge on any atom is 0.243 e. The van der Waals surface area contributed by atoms with Crippen LogP contribution in [0.15, 0.2) is 48.5 Å². The first kappa shape index (κ1) is 19.6. The molecule has 0 aromatic heterocycles. The van der Waals surface area contributed by atoms with E-state index in [0.29, 0.717) is 6.54 Å². The molecule has 28 heavy (non-hydrogen) atoms. The van der Waals surface area contributed by atoms with Crippen LogP contribution in [-0.2, 0) is 20.8 Å². The van der Waals surface area contributed by atoms with E-state index in [1.54, 1.807) is 4.90 Å². The number of amides is 3. The van der Waals surface area contributed by atoms with Gasteiger partial charge in [0, 0.05) is 24.3 Å². The highest BCUT2D eigenvalue weighted by Crippen LogP contribution is 2.25. The molecule has 2 N–H and O–H groups in total. The molecule has 6 heteroatoms. The molecule has 2 aromatic carbocycles. The van der Waals surface area contributed by atoms with Gasteiger partial charge in [-0.1, -0.05) is 42.8 Å². The van der Waals surface area contributed by atoms with Gasteiger partial charge in [-0.2, -0.15) is 0 Å². The normalized spacial score (nSPS) is 16.1. The molecule has 1 fully saturated rings. The molecule has 1 atom stereocenters. The number of anilines is 2. The molecule has 1 saturated heterocycles. The van der Waals surface area contributed by atoms with Gasteiger partial charge in [-0.15, -0.1) is 0 Å². The smallest absolute Gasteiger partial charge is 0.243 e. The van der Waals surface area contributed by atoms with Gasteiger partial charge in [0.05, 0.1) is 12.5 Å². The van der Waals surface area contributed by atoms with E-state index in [2.05, 4.69) is 10.6 Å². The summed E-state index contributed by atoms with van der Waals surface area (Å²) in [5.41, 5.74) is 3.70. The largest absolute Gasteiger partial charge is 0.347 e. The molecular weight excluding hydrogens is 354 g/mol. The summed E-state index contributed by atoms with van der Waals surface area (Å²) in [4.78, 5) is 38.5. The summed E-state index contributed by atoms with van der Waals surface area (Å²) in [6.45, 7) is 4.21. The molecule has 3 amide bonds. The zero-order valence-corrected chi connectivity index (χ0v) is 16.2. The number of aryl methyl sites for hydroxylation is 2. The Balaban J connectivity index is 1.53. The van der Waals surface area contributed by atoms with Gasteiger partial charge in [0.25, 0.3) is 0 Å². The van der Waals surface area contributed by atoms with Gasteiger partial charge in [-0.25, -0.2) is 0 Å². The summed E-state index contributed by atoms with van der Waals surface area (Å²) in [5, 5.41) is 5.48. The quantitative estimate of drug-likeness (QED) is 0.810. The lowest BCUT2D eigenvalue weighted by molar-refractivity contribution is -0.127. The Labute approximate surface area is 164 Å². The Morgan fingerprint density at radius 3 is 2.54 bits per heavy atom. The van der Waals surface area contributed by atoms with E-state index in [4.69, 9.17) is 0 Å². The highest BCUT2D eigenvalue weighted by Gasteiger charge is 2.35. The van der Waals surface area contributed by atoms with Crippen molar-refractivity contribution < 1.29 is 14.4 Å². The number of rotatable bonds is 6. The molecule has 146 valence electrons. The lowest BCUT2D eigenvalue weighted by Gasteiger charge is -2.17. The number of carbonyl (C=O) groups excluding carboxylic acids is 3. The molecule has 2 aromatic rings. The number of hydrogen-bond acceptors (Lipinski definition) is 3. The standard InChI is InChI=1S/C22H25N3O3/c1-3-16-6-4-5-7-19(16)24-20(26)13-23-22(28)17-12-21(27)25(14-17)18-10-8-15(2)9-11-18/h4-11,17H,3,12-14H2,1-2H3,(H,23,28)(H,24,26). The fourth-order valence-corrected chi connectivity index (χ4v) is 3.31. The first-order chi connectivity index (χ1) is 13.5. The second-order valence-corrected chi connectivity index (χ2v) is 7.02. The van der Waals surface area contributed by atoms with Crippen LogP contribution in [0.3, 0.4) is 0 Å². The van der Waals surface area contributed by atoms with Crippen molar-refractivity contribution in [3.8, 4) is 0 Å². The fourth-order valence-electron chi connectivity index (χ4n) is 3.31. The maximum atomic E-state index is 12.4. The number of carbonyl (C=O) groups is 3. The lowest BCUT2D eigenvalue weighted by Crippen LogP contribution is -2.38. The second-order valence-electron chi connectivity index (χ2n) is 7.02. The topological polar surface area (TPSA) is 78.5 Å². The molecule has 0 spiro atoms. The van der Waals surface area contributed by atoms with Crippen molar-refractivity contribution >= 4 is 29.1 Å². The summed E-state index contributed by atoms with van der Waals surface area (Å²) in [6, 6.07) is 15.2. The molecule has 0 bridgehead atoms. The number of para-hydroxylation sites is 1. The maximum absolute atomic E-state index is 12.4. The molecule has 1 aliphatic heterocycles. The number of nitrogens with one attached hydrogen (secondary N) is 2. The average Bonchev–Trinajstić information content (AvgIpc) is 3.09. The monoisotopic (exact) mass is 379 g/mol. The van der Waals surface area contributed by atoms with Crippen LogP contribution in [0.1, 0.15) is 24.5 Å². The van der Waals surface area contributed by atoms with Crippen molar-refractivity contribution in [1.82, 2.24) is 5.32 Å². The first-order valence-electron chi connectivity index (χ1n) is 9.50. The Morgan fingerprint density at radius 1 is 1.11 bits per heavy atom. The zero-order valence-electron chi connectivity index (χ0n) is 16.2. The minimum Gasteiger partial charge on any atom is -0.347 e. The van der Waals surface area contributed by atoms with Crippen LogP contribution in [0.4, 0.5) is 11.4 Å². The van der Waals surface area contributed by atoms with E-state index >= 15 is 0 Å². The third-order valence-corrected chi connectivity index (χ3v) is 4.94. The first-order valence-corrected chi connectivity index (χ1v) is 9.50. The minimum absolute atomic E-state index is 0.0784. The third-order valence-electron chi connectivity index (χ3n) is 4.94. The predicted molar refractivity (Wildman–Crippen MR) is 109 cm³/mol. The lowest BCUT2D eigenvalue weighted by atomic mass is 10.1. The molecule has 0 radical (unpaired) electrons. The van der Waals surface area contributed by atoms with Gasteiger partial charge >= 0.3 is 0 Å². The van der Waals surface area contributed by atoms with E-state index in [9.17, 15) is 14.4 Å². The van der Waals surface area contributed by atoms with Crippen LogP contribution in [0.25, 0.3) is 0 Å². The van der Waals surface area contributed by atoms with Gasteiger partial charge in [0.15, 0.2) is 0 Å². The third kappa shape index (κ3) is 4.57. The second kappa shape index (κ2) is 8.69. The van der Waals surface area contributed by atoms with E-state index in [0.717, 1.165) is 28.9 Å². The molecule has 6 nitrogen and oxygen atoms in total. The van der Waals surface area contributed by atoms with Crippen molar-refractivity contribution in [3.05, 3.63) is 59.7 Å². The van der Waals surface area contributed by atoms with Crippen molar-refractivity contribution in [2.75, 3.05) is 23.3 Å². The van der Waals surface area contributed by atoms with Crippen LogP contribution in [0.5, 0.6) is 0 Å². The van der Waals surface area contributed by atoms with Gasteiger partial charge in [-0.3, -0.25) is 14.4 Å². The Bertz CT molecular complexity index is 877. The SMILES string of the molecule is CCc1ccccc1NC(=O)CNC(=O)C1CC(=O)N(c2ccc(C)cc2)C1. The van der Waals surface area contributed by atoms with Gasteiger partial charge in [0.2, 0.25) is 17.7 Å². The highest BCUT2D eigenvalue weighted by molar-refractivity contribution is 6.01. The number of benzene rings is 2. The summed E-state index contributed by atoms with van der Waals surface area (Å²) < 4.78 is 0. The average molecular weight is 379 g/mol. The molecule has 0 saturated carbocycles. The van der Waals surface area contributed by atoms with Crippen LogP contribution in [0.2, 0.25) is 0 Å². The Morgan fingerprint density at radius 2 is 1.82 bits per heavy atom. The minimum atomic E-state index is -0.454. The molecular formula is C22H25N3O3. The molecule has 3 rings (SSSR count). The Kier molecular flexibility index (Phi) is 6.09. The summed E-state index contributed by atoms with van der Waals surface area (Å²) in [6.07, 6.45) is 0.960. The fraction of sp³-hybridized carbons (Fsp3) is 0.318. The highest BCUT2D eigenvalue weighted by atomic mass is 16.2. The van der Waals surface area contributed by atoms with Crippen molar-refractivity contribution in [2.24, 2.45) is 5.92 Å². The predicted octanol–water partition coefficient (Wildman–Crippen LogP) is 2.67. The van der Waals surface area contributed by atoms with Crippen molar-refractivity contribution in [2.45, 2.75) is 26.7 Å². The van der Waals surface area contributed by atoms with Crippen LogP contribution in [0, 0.1) is 12.8 Å². The zero-order chi connectivity index (χ0) is 20.1. The van der Waals surface area contributed by atoms with Crippen LogP contribution < -0.4 is 15.5 Å². The van der Waals surface area contributed by atoms with Crippen molar-refractivity contribution in [3.63, 3.8) is 0 Å². The summed E-state index contributed by atoms with van der Waals surface area (Å²) >= 11 is 0. The molecule has 1 aliphatic rings. The molecule has 0 aliphatic carbocycles. The van der Waals surface area contributed by atoms with E-state index < -0.39 is 5.92 Å². The summed E-state index contributed by atoms with van der Waals surface area (Å²) in [5.74, 6) is -1.09. The van der Waals surface area contributed by atoms with E-state index in [-0.39, 0.29) is 30.7 Å².